The zero-order valence-corrected chi connectivity index (χ0v) is 12.8. The van der Waals surface area contributed by atoms with Gasteiger partial charge in [-0.05, 0) is 36.8 Å². The van der Waals surface area contributed by atoms with E-state index in [-0.39, 0.29) is 5.91 Å². The van der Waals surface area contributed by atoms with Gasteiger partial charge in [0.15, 0.2) is 0 Å². The van der Waals surface area contributed by atoms with Gasteiger partial charge in [-0.1, -0.05) is 35.9 Å². The average molecular weight is 306 g/mol. The molecule has 0 saturated carbocycles. The lowest BCUT2D eigenvalue weighted by atomic mass is 10.2. The van der Waals surface area contributed by atoms with Crippen LogP contribution in [0.5, 0.6) is 0 Å². The second kappa shape index (κ2) is 7.36. The number of nitrogens with one attached hydrogen (secondary N) is 1. The maximum absolute atomic E-state index is 11.8. The van der Waals surface area contributed by atoms with E-state index in [9.17, 15) is 4.79 Å². The normalized spacial score (nSPS) is 10.3. The summed E-state index contributed by atoms with van der Waals surface area (Å²) in [5, 5.41) is 3.63. The van der Waals surface area contributed by atoms with Crippen molar-refractivity contribution in [2.75, 3.05) is 11.1 Å². The second-order valence-electron chi connectivity index (χ2n) is 4.45. The molecular weight excluding hydrogens is 290 g/mol. The van der Waals surface area contributed by atoms with E-state index in [1.54, 1.807) is 11.8 Å². The molecule has 0 unspecified atom stereocenters. The molecule has 0 atom stereocenters. The van der Waals surface area contributed by atoms with Crippen molar-refractivity contribution in [3.63, 3.8) is 0 Å². The van der Waals surface area contributed by atoms with Gasteiger partial charge >= 0.3 is 0 Å². The summed E-state index contributed by atoms with van der Waals surface area (Å²) in [5.74, 6) is 0.733. The van der Waals surface area contributed by atoms with Gasteiger partial charge in [-0.2, -0.15) is 0 Å². The maximum atomic E-state index is 11.8. The SMILES string of the molecule is Cc1cccc(NC(=O)CCSc2ccccc2Cl)c1. The third-order valence-electron chi connectivity index (χ3n) is 2.73. The Morgan fingerprint density at radius 2 is 2.00 bits per heavy atom. The number of carbonyl (C=O) groups excluding carboxylic acids is 1. The van der Waals surface area contributed by atoms with Crippen LogP contribution in [0, 0.1) is 6.92 Å². The minimum absolute atomic E-state index is 0.0233. The molecule has 1 N–H and O–H groups in total. The van der Waals surface area contributed by atoms with Crippen molar-refractivity contribution in [3.8, 4) is 0 Å². The smallest absolute Gasteiger partial charge is 0.225 e. The van der Waals surface area contributed by atoms with Gasteiger partial charge in [0.2, 0.25) is 5.91 Å². The summed E-state index contributed by atoms with van der Waals surface area (Å²) in [5.41, 5.74) is 1.98. The van der Waals surface area contributed by atoms with E-state index in [4.69, 9.17) is 11.6 Å². The molecule has 0 aromatic heterocycles. The number of aryl methyl sites for hydroxylation is 1. The predicted octanol–water partition coefficient (Wildman–Crippen LogP) is 4.77. The van der Waals surface area contributed by atoms with E-state index >= 15 is 0 Å². The zero-order valence-electron chi connectivity index (χ0n) is 11.2. The quantitative estimate of drug-likeness (QED) is 0.806. The van der Waals surface area contributed by atoms with Crippen LogP contribution in [0.4, 0.5) is 5.69 Å². The summed E-state index contributed by atoms with van der Waals surface area (Å²) in [6.45, 7) is 2.00. The Morgan fingerprint density at radius 3 is 2.75 bits per heavy atom. The fourth-order valence-electron chi connectivity index (χ4n) is 1.76. The van der Waals surface area contributed by atoms with Gasteiger partial charge in [-0.25, -0.2) is 0 Å². The molecule has 0 aliphatic heterocycles. The van der Waals surface area contributed by atoms with Crippen molar-refractivity contribution in [3.05, 3.63) is 59.1 Å². The van der Waals surface area contributed by atoms with Crippen LogP contribution < -0.4 is 5.32 Å². The van der Waals surface area contributed by atoms with Crippen molar-refractivity contribution >= 4 is 35.0 Å². The molecule has 0 radical (unpaired) electrons. The molecule has 0 fully saturated rings. The minimum atomic E-state index is 0.0233. The van der Waals surface area contributed by atoms with Crippen LogP contribution in [0.25, 0.3) is 0 Å². The fourth-order valence-corrected chi connectivity index (χ4v) is 2.95. The summed E-state index contributed by atoms with van der Waals surface area (Å²) in [6, 6.07) is 15.5. The molecule has 2 aromatic rings. The first-order valence-corrected chi connectivity index (χ1v) is 7.75. The predicted molar refractivity (Wildman–Crippen MR) is 86.6 cm³/mol. The maximum Gasteiger partial charge on any atom is 0.225 e. The van der Waals surface area contributed by atoms with Gasteiger partial charge in [0.25, 0.3) is 0 Å². The number of thioether (sulfide) groups is 1. The number of hydrogen-bond acceptors (Lipinski definition) is 2. The van der Waals surface area contributed by atoms with E-state index in [1.165, 1.54) is 0 Å². The molecule has 0 saturated heterocycles. The number of rotatable bonds is 5. The van der Waals surface area contributed by atoms with Gasteiger partial charge in [0.1, 0.15) is 0 Å². The van der Waals surface area contributed by atoms with Gasteiger partial charge in [0, 0.05) is 22.8 Å². The molecule has 0 heterocycles. The number of hydrogen-bond donors (Lipinski definition) is 1. The molecule has 104 valence electrons. The van der Waals surface area contributed by atoms with Crippen LogP contribution in [-0.4, -0.2) is 11.7 Å². The van der Waals surface area contributed by atoms with Crippen LogP contribution in [-0.2, 0) is 4.79 Å². The number of benzene rings is 2. The Morgan fingerprint density at radius 1 is 1.20 bits per heavy atom. The van der Waals surface area contributed by atoms with Crippen molar-refractivity contribution < 1.29 is 4.79 Å². The zero-order chi connectivity index (χ0) is 14.4. The van der Waals surface area contributed by atoms with Crippen molar-refractivity contribution in [1.29, 1.82) is 0 Å². The van der Waals surface area contributed by atoms with Crippen LogP contribution in [0.1, 0.15) is 12.0 Å². The van der Waals surface area contributed by atoms with E-state index in [0.29, 0.717) is 12.2 Å². The van der Waals surface area contributed by atoms with E-state index in [1.807, 2.05) is 55.5 Å². The van der Waals surface area contributed by atoms with Crippen molar-refractivity contribution in [1.82, 2.24) is 0 Å². The Kier molecular flexibility index (Phi) is 5.50. The van der Waals surface area contributed by atoms with E-state index in [2.05, 4.69) is 5.32 Å². The molecule has 20 heavy (non-hydrogen) atoms. The van der Waals surface area contributed by atoms with Gasteiger partial charge in [-0.15, -0.1) is 11.8 Å². The Hall–Kier alpha value is -1.45. The van der Waals surface area contributed by atoms with Gasteiger partial charge in [-0.3, -0.25) is 4.79 Å². The van der Waals surface area contributed by atoms with Gasteiger partial charge in [0.05, 0.1) is 5.02 Å². The number of halogens is 1. The number of carbonyl (C=O) groups is 1. The summed E-state index contributed by atoms with van der Waals surface area (Å²) < 4.78 is 0. The van der Waals surface area contributed by atoms with Crippen LogP contribution >= 0.6 is 23.4 Å². The molecule has 1 amide bonds. The van der Waals surface area contributed by atoms with E-state index < -0.39 is 0 Å². The molecule has 4 heteroatoms. The third kappa shape index (κ3) is 4.58. The Balaban J connectivity index is 1.80. The Bertz CT molecular complexity index is 601. The minimum Gasteiger partial charge on any atom is -0.326 e. The van der Waals surface area contributed by atoms with E-state index in [0.717, 1.165) is 21.2 Å². The largest absolute Gasteiger partial charge is 0.326 e. The van der Waals surface area contributed by atoms with Crippen LogP contribution in [0.3, 0.4) is 0 Å². The summed E-state index contributed by atoms with van der Waals surface area (Å²) in [6.07, 6.45) is 0.462. The molecule has 0 bridgehead atoms. The number of amides is 1. The topological polar surface area (TPSA) is 29.1 Å². The fraction of sp³-hybridized carbons (Fsp3) is 0.188. The molecule has 2 nitrogen and oxygen atoms in total. The highest BCUT2D eigenvalue weighted by molar-refractivity contribution is 7.99. The van der Waals surface area contributed by atoms with Crippen molar-refractivity contribution in [2.24, 2.45) is 0 Å². The molecule has 0 aliphatic carbocycles. The highest BCUT2D eigenvalue weighted by atomic mass is 35.5. The summed E-state index contributed by atoms with van der Waals surface area (Å²) in [7, 11) is 0. The molecular formula is C16H16ClNOS. The van der Waals surface area contributed by atoms with Crippen LogP contribution in [0.15, 0.2) is 53.4 Å². The van der Waals surface area contributed by atoms with Crippen LogP contribution in [0.2, 0.25) is 5.02 Å². The van der Waals surface area contributed by atoms with Crippen molar-refractivity contribution in [2.45, 2.75) is 18.2 Å². The lowest BCUT2D eigenvalue weighted by molar-refractivity contribution is -0.115. The number of anilines is 1. The second-order valence-corrected chi connectivity index (χ2v) is 5.99. The highest BCUT2D eigenvalue weighted by Gasteiger charge is 2.04. The van der Waals surface area contributed by atoms with Gasteiger partial charge < -0.3 is 5.32 Å². The monoisotopic (exact) mass is 305 g/mol. The Labute approximate surface area is 128 Å². The third-order valence-corrected chi connectivity index (χ3v) is 4.24. The average Bonchev–Trinajstić information content (AvgIpc) is 2.41. The lowest BCUT2D eigenvalue weighted by Crippen LogP contribution is -2.12. The molecule has 2 aromatic carbocycles. The summed E-state index contributed by atoms with van der Waals surface area (Å²) in [4.78, 5) is 12.9. The molecule has 0 aliphatic rings. The standard InChI is InChI=1S/C16H16ClNOS/c1-12-5-4-6-13(11-12)18-16(19)9-10-20-15-8-3-2-7-14(15)17/h2-8,11H,9-10H2,1H3,(H,18,19). The first-order valence-electron chi connectivity index (χ1n) is 6.39. The first kappa shape index (κ1) is 14.9. The summed E-state index contributed by atoms with van der Waals surface area (Å²) >= 11 is 7.66. The molecule has 0 spiro atoms. The first-order chi connectivity index (χ1) is 9.65. The lowest BCUT2D eigenvalue weighted by Gasteiger charge is -2.06. The highest BCUT2D eigenvalue weighted by Crippen LogP contribution is 2.27. The molecule has 2 rings (SSSR count).